The Morgan fingerprint density at radius 2 is 2.11 bits per heavy atom. The highest BCUT2D eigenvalue weighted by molar-refractivity contribution is 6.06. The van der Waals surface area contributed by atoms with Crippen molar-refractivity contribution < 1.29 is 14.3 Å². The molecule has 8 nitrogen and oxygen atoms in total. The quantitative estimate of drug-likeness (QED) is 0.572. The molecule has 0 radical (unpaired) electrons. The number of imidazole rings is 1. The topological polar surface area (TPSA) is 86.9 Å². The molecule has 8 heteroatoms. The van der Waals surface area contributed by atoms with Crippen LogP contribution in [0.1, 0.15) is 75.5 Å². The van der Waals surface area contributed by atoms with Crippen LogP contribution in [0.2, 0.25) is 0 Å². The first-order valence-electron chi connectivity index (χ1n) is 12.5. The van der Waals surface area contributed by atoms with Gasteiger partial charge in [0.15, 0.2) is 0 Å². The molecule has 0 unspecified atom stereocenters. The minimum Gasteiger partial charge on any atom is -0.490 e. The van der Waals surface area contributed by atoms with Gasteiger partial charge in [-0.15, -0.1) is 0 Å². The van der Waals surface area contributed by atoms with Gasteiger partial charge in [0.25, 0.3) is 11.5 Å². The van der Waals surface area contributed by atoms with Crippen molar-refractivity contribution in [3.63, 3.8) is 0 Å². The van der Waals surface area contributed by atoms with Gasteiger partial charge in [0, 0.05) is 36.1 Å². The number of nitrogens with one attached hydrogen (secondary N) is 1. The molecule has 3 aromatic heterocycles. The van der Waals surface area contributed by atoms with E-state index < -0.39 is 0 Å². The van der Waals surface area contributed by atoms with Gasteiger partial charge in [-0.05, 0) is 64.5 Å². The molecule has 2 aliphatic carbocycles. The molecule has 35 heavy (non-hydrogen) atoms. The number of carbonyl (C=O) groups excluding carboxylic acids is 1. The Bertz CT molecular complexity index is 1380. The second kappa shape index (κ2) is 7.68. The van der Waals surface area contributed by atoms with E-state index in [1.54, 1.807) is 29.1 Å². The number of hydrogen-bond acceptors (Lipinski definition) is 5. The Morgan fingerprint density at radius 3 is 2.74 bits per heavy atom. The fourth-order valence-corrected chi connectivity index (χ4v) is 5.79. The van der Waals surface area contributed by atoms with E-state index in [-0.39, 0.29) is 40.3 Å². The highest BCUT2D eigenvalue weighted by atomic mass is 16.5. The van der Waals surface area contributed by atoms with Crippen molar-refractivity contribution in [2.24, 2.45) is 5.92 Å². The van der Waals surface area contributed by atoms with Crippen molar-refractivity contribution in [2.75, 3.05) is 11.9 Å². The molecule has 1 saturated heterocycles. The maximum Gasteiger partial charge on any atom is 0.274 e. The van der Waals surface area contributed by atoms with E-state index in [0.29, 0.717) is 23.8 Å². The summed E-state index contributed by atoms with van der Waals surface area (Å²) in [7, 11) is 0. The Balaban J connectivity index is 1.35. The van der Waals surface area contributed by atoms with Crippen LogP contribution in [-0.2, 0) is 10.2 Å². The molecule has 1 amide bonds. The van der Waals surface area contributed by atoms with E-state index in [4.69, 9.17) is 14.5 Å². The van der Waals surface area contributed by atoms with Gasteiger partial charge >= 0.3 is 0 Å². The van der Waals surface area contributed by atoms with E-state index >= 15 is 0 Å². The Hall–Kier alpha value is -3.13. The zero-order valence-corrected chi connectivity index (χ0v) is 20.7. The number of carbonyl (C=O) groups is 1. The molecule has 4 heterocycles. The van der Waals surface area contributed by atoms with Crippen LogP contribution in [0.3, 0.4) is 0 Å². The van der Waals surface area contributed by atoms with Crippen LogP contribution in [0.5, 0.6) is 5.75 Å². The van der Waals surface area contributed by atoms with E-state index in [1.807, 2.05) is 30.5 Å². The molecule has 1 N–H and O–H groups in total. The van der Waals surface area contributed by atoms with Crippen molar-refractivity contribution in [3.8, 4) is 5.75 Å². The van der Waals surface area contributed by atoms with Crippen LogP contribution in [-0.4, -0.2) is 38.2 Å². The third-order valence-electron chi connectivity index (χ3n) is 7.89. The number of hydrogen-bond donors (Lipinski definition) is 1. The van der Waals surface area contributed by atoms with Crippen LogP contribution in [0.25, 0.3) is 5.65 Å². The summed E-state index contributed by atoms with van der Waals surface area (Å²) in [4.78, 5) is 31.3. The number of amides is 1. The van der Waals surface area contributed by atoms with E-state index in [0.717, 1.165) is 37.0 Å². The van der Waals surface area contributed by atoms with Gasteiger partial charge in [0.2, 0.25) is 0 Å². The Kier molecular flexibility index (Phi) is 4.90. The zero-order valence-electron chi connectivity index (χ0n) is 20.7. The number of pyridine rings is 2. The maximum atomic E-state index is 13.4. The van der Waals surface area contributed by atoms with Crippen LogP contribution in [0, 0.1) is 5.92 Å². The van der Waals surface area contributed by atoms with Crippen molar-refractivity contribution >= 4 is 17.2 Å². The predicted octanol–water partition coefficient (Wildman–Crippen LogP) is 4.33. The SMILES string of the molecule is CC(C)Oc1cc2nc([C@@]34CC[C@@](C)(C3)OC4)cn2cc1C(=O)Nc1cccn([C@@H]2C[C@@H]2C)c1=O. The van der Waals surface area contributed by atoms with Crippen LogP contribution in [0.4, 0.5) is 5.69 Å². The van der Waals surface area contributed by atoms with Crippen molar-refractivity contribution in [1.82, 2.24) is 14.0 Å². The number of fused-ring (bicyclic) bond motifs is 3. The minimum atomic E-state index is -0.382. The molecule has 1 aliphatic heterocycles. The number of nitrogens with zero attached hydrogens (tertiary/aromatic N) is 3. The largest absolute Gasteiger partial charge is 0.490 e. The maximum absolute atomic E-state index is 13.4. The minimum absolute atomic E-state index is 0.0619. The zero-order chi connectivity index (χ0) is 24.5. The third kappa shape index (κ3) is 3.75. The highest BCUT2D eigenvalue weighted by Gasteiger charge is 2.55. The lowest BCUT2D eigenvalue weighted by atomic mass is 9.84. The van der Waals surface area contributed by atoms with Gasteiger partial charge in [-0.25, -0.2) is 4.98 Å². The standard InChI is InChI=1S/C27H32N4O4/c1-16(2)35-21-11-23-29-22(27-8-7-26(4,14-27)34-15-27)13-30(23)12-18(21)24(32)28-19-6-5-9-31(25(19)33)20-10-17(20)3/h5-6,9,11-13,16-17,20H,7-8,10,14-15H2,1-4H3,(H,28,32)/t17-,20+,26-,27-/m0/s1. The molecular weight excluding hydrogens is 444 g/mol. The molecule has 184 valence electrons. The van der Waals surface area contributed by atoms with Gasteiger partial charge in [-0.1, -0.05) is 6.92 Å². The van der Waals surface area contributed by atoms with Gasteiger partial charge in [0.05, 0.1) is 29.6 Å². The summed E-state index contributed by atoms with van der Waals surface area (Å²) < 4.78 is 15.7. The lowest BCUT2D eigenvalue weighted by Crippen LogP contribution is -2.26. The molecule has 3 aliphatic rings. The average molecular weight is 477 g/mol. The van der Waals surface area contributed by atoms with Crippen LogP contribution >= 0.6 is 0 Å². The summed E-state index contributed by atoms with van der Waals surface area (Å²) in [6, 6.07) is 5.47. The van der Waals surface area contributed by atoms with Gasteiger partial charge in [0.1, 0.15) is 17.1 Å². The number of aromatic nitrogens is 3. The van der Waals surface area contributed by atoms with Crippen molar-refractivity contribution in [2.45, 2.75) is 76.5 Å². The first kappa shape index (κ1) is 22.3. The molecule has 6 rings (SSSR count). The summed E-state index contributed by atoms with van der Waals surface area (Å²) >= 11 is 0. The van der Waals surface area contributed by atoms with E-state index in [1.165, 1.54) is 0 Å². The number of ether oxygens (including phenoxy) is 2. The summed E-state index contributed by atoms with van der Waals surface area (Å²) in [6.45, 7) is 8.81. The highest BCUT2D eigenvalue weighted by Crippen LogP contribution is 2.53. The molecule has 2 bridgehead atoms. The summed E-state index contributed by atoms with van der Waals surface area (Å²) in [5, 5.41) is 2.83. The van der Waals surface area contributed by atoms with E-state index in [9.17, 15) is 9.59 Å². The predicted molar refractivity (Wildman–Crippen MR) is 132 cm³/mol. The number of rotatable bonds is 6. The van der Waals surface area contributed by atoms with Crippen LogP contribution < -0.4 is 15.6 Å². The third-order valence-corrected chi connectivity index (χ3v) is 7.89. The Morgan fingerprint density at radius 1 is 1.31 bits per heavy atom. The van der Waals surface area contributed by atoms with Crippen LogP contribution in [0.15, 0.2) is 41.6 Å². The number of anilines is 1. The lowest BCUT2D eigenvalue weighted by molar-refractivity contribution is -0.00627. The molecule has 2 saturated carbocycles. The summed E-state index contributed by atoms with van der Waals surface area (Å²) in [5.74, 6) is 0.544. The first-order chi connectivity index (χ1) is 16.7. The summed E-state index contributed by atoms with van der Waals surface area (Å²) in [5.41, 5.74) is 2.04. The molecule has 3 fully saturated rings. The van der Waals surface area contributed by atoms with Crippen molar-refractivity contribution in [3.05, 3.63) is 58.4 Å². The van der Waals surface area contributed by atoms with Crippen molar-refractivity contribution in [1.29, 1.82) is 0 Å². The molecule has 0 spiro atoms. The second-order valence-corrected chi connectivity index (χ2v) is 11.2. The monoisotopic (exact) mass is 476 g/mol. The molecule has 0 aromatic carbocycles. The van der Waals surface area contributed by atoms with Gasteiger partial charge in [-0.2, -0.15) is 0 Å². The van der Waals surface area contributed by atoms with Gasteiger partial charge < -0.3 is 23.8 Å². The molecule has 4 atom stereocenters. The van der Waals surface area contributed by atoms with Gasteiger partial charge in [-0.3, -0.25) is 9.59 Å². The molecular formula is C27H32N4O4. The Labute approximate surface area is 204 Å². The average Bonchev–Trinajstić information content (AvgIpc) is 3.12. The fourth-order valence-electron chi connectivity index (χ4n) is 5.79. The normalized spacial score (nSPS) is 29.2. The molecule has 3 aromatic rings. The van der Waals surface area contributed by atoms with E-state index in [2.05, 4.69) is 19.2 Å². The smallest absolute Gasteiger partial charge is 0.274 e. The first-order valence-corrected chi connectivity index (χ1v) is 12.5. The fraction of sp³-hybridized carbons (Fsp3) is 0.519. The summed E-state index contributed by atoms with van der Waals surface area (Å²) in [6.07, 6.45) is 9.46. The lowest BCUT2D eigenvalue weighted by Gasteiger charge is -2.24. The second-order valence-electron chi connectivity index (χ2n) is 11.2.